The number of Topliss-reactive ketones (excluding diaryl/α,β-unsaturated/α-hetero) is 1. The topological polar surface area (TPSA) is 37.3 Å². The molecule has 0 fully saturated rings. The van der Waals surface area contributed by atoms with Crippen molar-refractivity contribution in [3.63, 3.8) is 0 Å². The second kappa shape index (κ2) is 3.76. The molecule has 0 aliphatic heterocycles. The van der Waals surface area contributed by atoms with Crippen LogP contribution in [0.15, 0.2) is 17.2 Å². The summed E-state index contributed by atoms with van der Waals surface area (Å²) < 4.78 is 0. The molecule has 3 rings (SSSR count). The van der Waals surface area contributed by atoms with Crippen LogP contribution in [0.25, 0.3) is 5.57 Å². The Morgan fingerprint density at radius 3 is 2.82 bits per heavy atom. The molecule has 1 N–H and O–H groups in total. The Morgan fingerprint density at radius 2 is 2.06 bits per heavy atom. The third-order valence-corrected chi connectivity index (χ3v) is 4.41. The number of phenolic OH excluding ortho intramolecular Hbond substituents is 1. The van der Waals surface area contributed by atoms with Crippen LogP contribution in [0.2, 0.25) is 5.02 Å². The molecule has 4 heteroatoms. The van der Waals surface area contributed by atoms with Crippen LogP contribution in [0, 0.1) is 5.92 Å². The van der Waals surface area contributed by atoms with E-state index in [4.69, 9.17) is 23.2 Å². The maximum Gasteiger partial charge on any atom is 0.174 e. The van der Waals surface area contributed by atoms with Gasteiger partial charge in [-0.2, -0.15) is 0 Å². The minimum Gasteiger partial charge on any atom is -0.506 e. The lowest BCUT2D eigenvalue weighted by Gasteiger charge is -2.18. The zero-order valence-corrected chi connectivity index (χ0v) is 10.5. The quantitative estimate of drug-likeness (QED) is 0.782. The number of carbonyl (C=O) groups is 1. The highest BCUT2D eigenvalue weighted by molar-refractivity contribution is 6.46. The number of fused-ring (bicyclic) bond motifs is 3. The molecule has 0 bridgehead atoms. The van der Waals surface area contributed by atoms with Crippen LogP contribution >= 0.6 is 23.2 Å². The Kier molecular flexibility index (Phi) is 2.46. The van der Waals surface area contributed by atoms with Gasteiger partial charge >= 0.3 is 0 Å². The van der Waals surface area contributed by atoms with Crippen molar-refractivity contribution < 1.29 is 9.90 Å². The van der Waals surface area contributed by atoms with Gasteiger partial charge in [-0.05, 0) is 41.5 Å². The van der Waals surface area contributed by atoms with Crippen LogP contribution in [0.1, 0.15) is 24.0 Å². The highest BCUT2D eigenvalue weighted by Gasteiger charge is 2.36. The Morgan fingerprint density at radius 1 is 1.29 bits per heavy atom. The summed E-state index contributed by atoms with van der Waals surface area (Å²) in [6, 6.07) is 3.35. The highest BCUT2D eigenvalue weighted by atomic mass is 35.5. The first-order chi connectivity index (χ1) is 8.09. The SMILES string of the molecule is O=C1CCC2Cc3c(ccc(O)c3Cl)C2=C1Cl. The molecule has 0 heterocycles. The number of ketones is 1. The zero-order valence-electron chi connectivity index (χ0n) is 8.96. The summed E-state index contributed by atoms with van der Waals surface area (Å²) in [6.45, 7) is 0. The van der Waals surface area contributed by atoms with Crippen molar-refractivity contribution in [3.8, 4) is 5.75 Å². The first-order valence-electron chi connectivity index (χ1n) is 5.53. The Labute approximate surface area is 109 Å². The van der Waals surface area contributed by atoms with E-state index in [0.29, 0.717) is 16.5 Å². The summed E-state index contributed by atoms with van der Waals surface area (Å²) in [4.78, 5) is 11.6. The van der Waals surface area contributed by atoms with Gasteiger partial charge in [-0.3, -0.25) is 4.79 Å². The van der Waals surface area contributed by atoms with Crippen LogP contribution < -0.4 is 0 Å². The number of phenols is 1. The minimum atomic E-state index is 0.00923. The van der Waals surface area contributed by atoms with Gasteiger partial charge in [0.05, 0.1) is 10.1 Å². The van der Waals surface area contributed by atoms with E-state index in [0.717, 1.165) is 29.5 Å². The van der Waals surface area contributed by atoms with E-state index in [-0.39, 0.29) is 17.5 Å². The number of hydrogen-bond acceptors (Lipinski definition) is 2. The molecular formula is C13H10Cl2O2. The molecule has 2 nitrogen and oxygen atoms in total. The van der Waals surface area contributed by atoms with Crippen molar-refractivity contribution in [3.05, 3.63) is 33.3 Å². The van der Waals surface area contributed by atoms with Gasteiger partial charge in [-0.25, -0.2) is 0 Å². The number of carbonyl (C=O) groups excluding carboxylic acids is 1. The van der Waals surface area contributed by atoms with Gasteiger partial charge in [0.15, 0.2) is 5.78 Å². The fraction of sp³-hybridized carbons (Fsp3) is 0.308. The molecule has 0 saturated heterocycles. The predicted octanol–water partition coefficient (Wildman–Crippen LogP) is 3.53. The van der Waals surface area contributed by atoms with Crippen molar-refractivity contribution in [2.24, 2.45) is 5.92 Å². The Hall–Kier alpha value is -0.990. The summed E-state index contributed by atoms with van der Waals surface area (Å²) in [7, 11) is 0. The fourth-order valence-electron chi connectivity index (χ4n) is 2.74. The summed E-state index contributed by atoms with van der Waals surface area (Å²) >= 11 is 12.2. The predicted molar refractivity (Wildman–Crippen MR) is 67.3 cm³/mol. The van der Waals surface area contributed by atoms with Crippen molar-refractivity contribution in [2.45, 2.75) is 19.3 Å². The van der Waals surface area contributed by atoms with E-state index in [1.807, 2.05) is 0 Å². The maximum absolute atomic E-state index is 11.6. The van der Waals surface area contributed by atoms with Crippen molar-refractivity contribution in [2.75, 3.05) is 0 Å². The van der Waals surface area contributed by atoms with E-state index >= 15 is 0 Å². The van der Waals surface area contributed by atoms with Crippen LogP contribution in [0.5, 0.6) is 5.75 Å². The highest BCUT2D eigenvalue weighted by Crippen LogP contribution is 2.49. The van der Waals surface area contributed by atoms with Crippen LogP contribution in [0.3, 0.4) is 0 Å². The lowest BCUT2D eigenvalue weighted by atomic mass is 9.87. The third kappa shape index (κ3) is 1.51. The largest absolute Gasteiger partial charge is 0.506 e. The van der Waals surface area contributed by atoms with Gasteiger partial charge in [-0.1, -0.05) is 29.3 Å². The Bertz CT molecular complexity index is 561. The zero-order chi connectivity index (χ0) is 12.2. The summed E-state index contributed by atoms with van der Waals surface area (Å²) in [5.41, 5.74) is 2.76. The molecule has 0 saturated carbocycles. The number of rotatable bonds is 0. The average Bonchev–Trinajstić information content (AvgIpc) is 2.69. The fourth-order valence-corrected chi connectivity index (χ4v) is 3.33. The summed E-state index contributed by atoms with van der Waals surface area (Å²) in [6.07, 6.45) is 2.09. The number of hydrogen-bond donors (Lipinski definition) is 1. The van der Waals surface area contributed by atoms with Gasteiger partial charge in [0.2, 0.25) is 0 Å². The standard InChI is InChI=1S/C13H10Cl2O2/c14-12-8-5-6-1-3-10(17)13(15)11(6)7(8)2-4-9(12)16/h2,4,6,16H,1,3,5H2. The van der Waals surface area contributed by atoms with E-state index < -0.39 is 0 Å². The van der Waals surface area contributed by atoms with Gasteiger partial charge in [0.1, 0.15) is 5.75 Å². The average molecular weight is 269 g/mol. The second-order valence-electron chi connectivity index (χ2n) is 4.52. The Balaban J connectivity index is 2.25. The van der Waals surface area contributed by atoms with Crippen LogP contribution in [0.4, 0.5) is 0 Å². The number of benzene rings is 1. The summed E-state index contributed by atoms with van der Waals surface area (Å²) in [5.74, 6) is 0.372. The molecule has 0 amide bonds. The second-order valence-corrected chi connectivity index (χ2v) is 5.27. The first-order valence-corrected chi connectivity index (χ1v) is 6.28. The minimum absolute atomic E-state index is 0.00923. The molecule has 17 heavy (non-hydrogen) atoms. The van der Waals surface area contributed by atoms with E-state index in [9.17, 15) is 9.90 Å². The maximum atomic E-state index is 11.6. The van der Waals surface area contributed by atoms with Crippen molar-refractivity contribution in [1.29, 1.82) is 0 Å². The van der Waals surface area contributed by atoms with Gasteiger partial charge in [-0.15, -0.1) is 0 Å². The number of aromatic hydroxyl groups is 1. The first kappa shape index (κ1) is 11.1. The molecule has 0 aromatic heterocycles. The molecular weight excluding hydrogens is 259 g/mol. The van der Waals surface area contributed by atoms with E-state index in [1.54, 1.807) is 12.1 Å². The molecule has 1 aromatic rings. The van der Waals surface area contributed by atoms with Crippen LogP contribution in [-0.4, -0.2) is 10.9 Å². The van der Waals surface area contributed by atoms with Gasteiger partial charge in [0.25, 0.3) is 0 Å². The summed E-state index contributed by atoms with van der Waals surface area (Å²) in [5, 5.41) is 10.3. The van der Waals surface area contributed by atoms with Crippen LogP contribution in [-0.2, 0) is 11.2 Å². The van der Waals surface area contributed by atoms with Gasteiger partial charge in [0, 0.05) is 6.42 Å². The van der Waals surface area contributed by atoms with E-state index in [1.165, 1.54) is 0 Å². The van der Waals surface area contributed by atoms with Crippen molar-refractivity contribution >= 4 is 34.6 Å². The molecule has 2 aliphatic rings. The normalized spacial score (nSPS) is 22.7. The molecule has 0 radical (unpaired) electrons. The van der Waals surface area contributed by atoms with Gasteiger partial charge < -0.3 is 5.11 Å². The molecule has 88 valence electrons. The lowest BCUT2D eigenvalue weighted by molar-refractivity contribution is -0.115. The smallest absolute Gasteiger partial charge is 0.174 e. The molecule has 1 atom stereocenters. The molecule has 1 unspecified atom stereocenters. The molecule has 2 aliphatic carbocycles. The monoisotopic (exact) mass is 268 g/mol. The number of halogens is 2. The molecule has 0 spiro atoms. The third-order valence-electron chi connectivity index (χ3n) is 3.57. The lowest BCUT2D eigenvalue weighted by Crippen LogP contribution is -2.13. The van der Waals surface area contributed by atoms with Crippen molar-refractivity contribution in [1.82, 2.24) is 0 Å². The number of allylic oxidation sites excluding steroid dienone is 2. The molecule has 1 aromatic carbocycles. The van der Waals surface area contributed by atoms with E-state index in [2.05, 4.69) is 0 Å².